The van der Waals surface area contributed by atoms with E-state index in [1.807, 2.05) is 0 Å². The van der Waals surface area contributed by atoms with Gasteiger partial charge in [-0.2, -0.15) is 13.2 Å². The Kier molecular flexibility index (Phi) is 7.13. The Hall–Kier alpha value is -3.67. The highest BCUT2D eigenvalue weighted by atomic mass is 19.4. The molecule has 0 aliphatic carbocycles. The molecule has 2 aromatic carbocycles. The quantitative estimate of drug-likeness (QED) is 0.362. The lowest BCUT2D eigenvalue weighted by Crippen LogP contribution is -2.47. The third-order valence-corrected chi connectivity index (χ3v) is 6.20. The monoisotopic (exact) mass is 541 g/mol. The van der Waals surface area contributed by atoms with Crippen LogP contribution in [0.15, 0.2) is 66.9 Å². The van der Waals surface area contributed by atoms with Crippen molar-refractivity contribution in [1.29, 1.82) is 0 Å². The molecule has 1 aromatic heterocycles. The minimum atomic E-state index is -4.89. The summed E-state index contributed by atoms with van der Waals surface area (Å²) in [4.78, 5) is 18.4. The highest BCUT2D eigenvalue weighted by molar-refractivity contribution is 6.00. The smallest absolute Gasteiger partial charge is 0.406 e. The van der Waals surface area contributed by atoms with Gasteiger partial charge in [0, 0.05) is 17.4 Å². The van der Waals surface area contributed by atoms with E-state index in [4.69, 9.17) is 0 Å². The number of hydrogen-bond acceptors (Lipinski definition) is 4. The van der Waals surface area contributed by atoms with Gasteiger partial charge in [0.2, 0.25) is 5.91 Å². The average molecular weight is 541 g/mol. The Morgan fingerprint density at radius 2 is 1.66 bits per heavy atom. The summed E-state index contributed by atoms with van der Waals surface area (Å²) in [6, 6.07) is 10.9. The number of rotatable bonds is 6. The van der Waals surface area contributed by atoms with E-state index in [0.29, 0.717) is 11.1 Å². The fraction of sp³-hybridized carbons (Fsp3) is 0.308. The van der Waals surface area contributed by atoms with Gasteiger partial charge < -0.3 is 9.64 Å². The molecule has 1 saturated heterocycles. The summed E-state index contributed by atoms with van der Waals surface area (Å²) in [7, 11) is 0. The number of benzene rings is 2. The molecule has 1 aliphatic heterocycles. The van der Waals surface area contributed by atoms with Crippen LogP contribution >= 0.6 is 0 Å². The zero-order valence-electron chi connectivity index (χ0n) is 20.1. The predicted octanol–water partition coefficient (Wildman–Crippen LogP) is 6.51. The van der Waals surface area contributed by atoms with Crippen molar-refractivity contribution in [3.05, 3.63) is 89.5 Å². The molecule has 1 unspecified atom stereocenters. The molecule has 1 aliphatic rings. The van der Waals surface area contributed by atoms with Crippen LogP contribution in [0.4, 0.5) is 36.4 Å². The molecule has 2 atom stereocenters. The number of amides is 1. The molecule has 3 aromatic rings. The van der Waals surface area contributed by atoms with E-state index in [0.717, 1.165) is 24.4 Å². The Labute approximate surface area is 213 Å². The number of nitrogens with zero attached hydrogens (tertiary/aromatic N) is 2. The van der Waals surface area contributed by atoms with Gasteiger partial charge in [-0.3, -0.25) is 15.1 Å². The zero-order valence-corrected chi connectivity index (χ0v) is 20.1. The first-order valence-electron chi connectivity index (χ1n) is 11.4. The zero-order chi connectivity index (χ0) is 27.9. The molecule has 202 valence electrons. The van der Waals surface area contributed by atoms with Gasteiger partial charge in [0.25, 0.3) is 0 Å². The molecule has 38 heavy (non-hydrogen) atoms. The van der Waals surface area contributed by atoms with E-state index in [-0.39, 0.29) is 12.1 Å². The molecule has 0 spiro atoms. The predicted molar refractivity (Wildman–Crippen MR) is 124 cm³/mol. The van der Waals surface area contributed by atoms with Gasteiger partial charge in [-0.15, -0.1) is 13.2 Å². The van der Waals surface area contributed by atoms with Crippen molar-refractivity contribution < 1.29 is 40.3 Å². The van der Waals surface area contributed by atoms with Crippen LogP contribution in [-0.4, -0.2) is 23.3 Å². The number of pyridine rings is 1. The van der Waals surface area contributed by atoms with E-state index in [1.165, 1.54) is 41.3 Å². The van der Waals surface area contributed by atoms with E-state index >= 15 is 0 Å². The van der Waals surface area contributed by atoms with Crippen LogP contribution in [0.5, 0.6) is 5.75 Å². The normalized spacial score (nSPS) is 18.7. The molecule has 0 radical (unpaired) electrons. The number of halogens is 7. The molecule has 2 heterocycles. The standard InChI is InChI=1S/C26H22F7N3O2/c1-24(2,16-6-11-22(34-14-16)25(28,29)30)35-20-13-21(15-4-3-5-17(27)12-15)36(23(20)37)18-7-9-19(10-8-18)38-26(31,32)33/h3-12,14,20-21,35H,13H2,1-2H3/t20?,21-/m1/s1. The molecule has 0 bridgehead atoms. The Morgan fingerprint density at radius 1 is 0.974 bits per heavy atom. The van der Waals surface area contributed by atoms with Crippen LogP contribution in [0.2, 0.25) is 0 Å². The van der Waals surface area contributed by atoms with Crippen molar-refractivity contribution in [2.45, 2.75) is 50.4 Å². The van der Waals surface area contributed by atoms with Gasteiger partial charge in [0.1, 0.15) is 17.3 Å². The van der Waals surface area contributed by atoms with Crippen molar-refractivity contribution in [2.24, 2.45) is 0 Å². The maximum absolute atomic E-state index is 14.0. The third-order valence-electron chi connectivity index (χ3n) is 6.20. The number of carbonyl (C=O) groups is 1. The number of aromatic nitrogens is 1. The first-order chi connectivity index (χ1) is 17.6. The van der Waals surface area contributed by atoms with Crippen molar-refractivity contribution in [1.82, 2.24) is 10.3 Å². The van der Waals surface area contributed by atoms with Crippen molar-refractivity contribution >= 4 is 11.6 Å². The number of alkyl halides is 6. The second-order valence-electron chi connectivity index (χ2n) is 9.31. The summed E-state index contributed by atoms with van der Waals surface area (Å²) < 4.78 is 94.4. The lowest BCUT2D eigenvalue weighted by Gasteiger charge is -2.30. The topological polar surface area (TPSA) is 54.5 Å². The fourth-order valence-electron chi connectivity index (χ4n) is 4.44. The van der Waals surface area contributed by atoms with Crippen LogP contribution in [0.3, 0.4) is 0 Å². The summed E-state index contributed by atoms with van der Waals surface area (Å²) in [6.07, 6.45) is -8.25. The van der Waals surface area contributed by atoms with Crippen LogP contribution in [0.25, 0.3) is 0 Å². The van der Waals surface area contributed by atoms with Gasteiger partial charge in [-0.05, 0) is 73.9 Å². The second-order valence-corrected chi connectivity index (χ2v) is 9.31. The third kappa shape index (κ3) is 6.07. The van der Waals surface area contributed by atoms with E-state index in [2.05, 4.69) is 15.0 Å². The number of carbonyl (C=O) groups excluding carboxylic acids is 1. The maximum Gasteiger partial charge on any atom is 0.573 e. The molecule has 4 rings (SSSR count). The summed E-state index contributed by atoms with van der Waals surface area (Å²) >= 11 is 0. The van der Waals surface area contributed by atoms with Crippen LogP contribution in [0, 0.1) is 5.82 Å². The van der Waals surface area contributed by atoms with Gasteiger partial charge in [-0.25, -0.2) is 4.39 Å². The highest BCUT2D eigenvalue weighted by Gasteiger charge is 2.44. The summed E-state index contributed by atoms with van der Waals surface area (Å²) in [5.74, 6) is -1.45. The Morgan fingerprint density at radius 3 is 2.21 bits per heavy atom. The van der Waals surface area contributed by atoms with Gasteiger partial charge in [0.15, 0.2) is 0 Å². The molecule has 12 heteroatoms. The Balaban J connectivity index is 1.63. The van der Waals surface area contributed by atoms with Gasteiger partial charge >= 0.3 is 12.5 Å². The number of hydrogen-bond donors (Lipinski definition) is 1. The lowest BCUT2D eigenvalue weighted by molar-refractivity contribution is -0.274. The fourth-order valence-corrected chi connectivity index (χ4v) is 4.44. The molecular formula is C26H22F7N3O2. The van der Waals surface area contributed by atoms with Crippen LogP contribution in [-0.2, 0) is 16.5 Å². The largest absolute Gasteiger partial charge is 0.573 e. The second kappa shape index (κ2) is 9.90. The molecule has 1 N–H and O–H groups in total. The average Bonchev–Trinajstić information content (AvgIpc) is 3.13. The van der Waals surface area contributed by atoms with Crippen molar-refractivity contribution in [3.8, 4) is 5.75 Å². The van der Waals surface area contributed by atoms with Gasteiger partial charge in [-0.1, -0.05) is 18.2 Å². The van der Waals surface area contributed by atoms with E-state index in [1.54, 1.807) is 19.9 Å². The molecule has 0 saturated carbocycles. The maximum atomic E-state index is 14.0. The first-order valence-corrected chi connectivity index (χ1v) is 11.4. The minimum Gasteiger partial charge on any atom is -0.406 e. The molecule has 5 nitrogen and oxygen atoms in total. The summed E-state index contributed by atoms with van der Waals surface area (Å²) in [5, 5.41) is 3.16. The first kappa shape index (κ1) is 27.4. The summed E-state index contributed by atoms with van der Waals surface area (Å²) in [5.41, 5.74) is -0.925. The number of ether oxygens (including phenoxy) is 1. The number of nitrogens with one attached hydrogen (secondary N) is 1. The van der Waals surface area contributed by atoms with Crippen LogP contribution < -0.4 is 15.0 Å². The minimum absolute atomic E-state index is 0.153. The van der Waals surface area contributed by atoms with E-state index in [9.17, 15) is 35.5 Å². The van der Waals surface area contributed by atoms with Gasteiger partial charge in [0.05, 0.1) is 12.1 Å². The lowest BCUT2D eigenvalue weighted by atomic mass is 9.93. The van der Waals surface area contributed by atoms with Crippen LogP contribution in [0.1, 0.15) is 43.1 Å². The van der Waals surface area contributed by atoms with E-state index < -0.39 is 53.3 Å². The highest BCUT2D eigenvalue weighted by Crippen LogP contribution is 2.40. The summed E-state index contributed by atoms with van der Waals surface area (Å²) in [6.45, 7) is 3.35. The number of anilines is 1. The van der Waals surface area contributed by atoms with Crippen molar-refractivity contribution in [2.75, 3.05) is 4.90 Å². The molecule has 1 amide bonds. The Bertz CT molecular complexity index is 1290. The molecular weight excluding hydrogens is 519 g/mol. The molecule has 1 fully saturated rings. The van der Waals surface area contributed by atoms with Crippen molar-refractivity contribution in [3.63, 3.8) is 0 Å². The SMILES string of the molecule is CC(C)(NC1C[C@H](c2cccc(F)c2)N(c2ccc(OC(F)(F)F)cc2)C1=O)c1ccc(C(F)(F)F)nc1.